The quantitative estimate of drug-likeness (QED) is 0.511. The molecule has 4 heteroatoms. The number of nitrogens with two attached hydrogens (primary N) is 1. The van der Waals surface area contributed by atoms with Gasteiger partial charge in [0.15, 0.2) is 0 Å². The van der Waals surface area contributed by atoms with E-state index in [4.69, 9.17) is 5.84 Å². The summed E-state index contributed by atoms with van der Waals surface area (Å²) in [6.45, 7) is 0. The van der Waals surface area contributed by atoms with Crippen LogP contribution in [0.4, 0.5) is 0 Å². The number of nitrogens with one attached hydrogen (secondary N) is 1. The number of hydrazine groups is 1. The molecule has 1 heterocycles. The van der Waals surface area contributed by atoms with Crippen molar-refractivity contribution >= 4 is 15.9 Å². The van der Waals surface area contributed by atoms with Crippen molar-refractivity contribution in [1.29, 1.82) is 0 Å². The summed E-state index contributed by atoms with van der Waals surface area (Å²) < 4.78 is 1.01. The first-order chi connectivity index (χ1) is 8.33. The first kappa shape index (κ1) is 12.7. The lowest BCUT2D eigenvalue weighted by Crippen LogP contribution is -2.30. The molecule has 3 N–H and O–H groups in total. The molecule has 92 valence electrons. The van der Waals surface area contributed by atoms with Gasteiger partial charge in [-0.2, -0.15) is 0 Å². The van der Waals surface area contributed by atoms with E-state index in [9.17, 15) is 0 Å². The molecule has 0 spiro atoms. The fraction of sp³-hybridized carbons (Fsp3) is 0.462. The van der Waals surface area contributed by atoms with Crippen LogP contribution in [0.1, 0.15) is 43.8 Å². The van der Waals surface area contributed by atoms with Crippen LogP contribution in [-0.2, 0) is 0 Å². The van der Waals surface area contributed by atoms with Crippen molar-refractivity contribution in [2.24, 2.45) is 5.84 Å². The van der Waals surface area contributed by atoms with E-state index in [0.717, 1.165) is 23.0 Å². The lowest BCUT2D eigenvalue weighted by atomic mass is 9.99. The van der Waals surface area contributed by atoms with Crippen LogP contribution in [0.15, 0.2) is 34.5 Å². The summed E-state index contributed by atoms with van der Waals surface area (Å²) in [5, 5.41) is 0. The third kappa shape index (κ3) is 3.15. The zero-order chi connectivity index (χ0) is 12.1. The molecule has 1 aliphatic carbocycles. The lowest BCUT2D eigenvalue weighted by Gasteiger charge is -2.19. The Labute approximate surface area is 111 Å². The second kappa shape index (κ2) is 6.28. The fourth-order valence-electron chi connectivity index (χ4n) is 2.27. The molecule has 1 aromatic heterocycles. The number of aromatic nitrogens is 1. The minimum Gasteiger partial charge on any atom is -0.271 e. The molecule has 0 saturated heterocycles. The van der Waals surface area contributed by atoms with E-state index < -0.39 is 0 Å². The van der Waals surface area contributed by atoms with Crippen LogP contribution in [0.5, 0.6) is 0 Å². The van der Waals surface area contributed by atoms with E-state index in [1.807, 2.05) is 18.3 Å². The van der Waals surface area contributed by atoms with Crippen molar-refractivity contribution in [3.8, 4) is 0 Å². The molecule has 0 aromatic carbocycles. The van der Waals surface area contributed by atoms with Gasteiger partial charge >= 0.3 is 0 Å². The maximum atomic E-state index is 5.70. The fourth-order valence-corrected chi connectivity index (χ4v) is 2.76. The third-order valence-electron chi connectivity index (χ3n) is 3.17. The highest BCUT2D eigenvalue weighted by Crippen LogP contribution is 2.31. The molecule has 0 amide bonds. The van der Waals surface area contributed by atoms with Crippen LogP contribution in [0, 0.1) is 0 Å². The highest BCUT2D eigenvalue weighted by atomic mass is 79.9. The van der Waals surface area contributed by atoms with Crippen LogP contribution < -0.4 is 11.3 Å². The normalized spacial score (nSPS) is 18.4. The van der Waals surface area contributed by atoms with Crippen molar-refractivity contribution in [1.82, 2.24) is 10.4 Å². The van der Waals surface area contributed by atoms with Gasteiger partial charge in [-0.15, -0.1) is 0 Å². The maximum Gasteiger partial charge on any atom is 0.0853 e. The molecule has 1 aliphatic rings. The molecule has 1 unspecified atom stereocenters. The molecule has 0 fully saturated rings. The largest absolute Gasteiger partial charge is 0.271 e. The number of pyridine rings is 1. The van der Waals surface area contributed by atoms with Gasteiger partial charge in [-0.3, -0.25) is 10.8 Å². The predicted molar refractivity (Wildman–Crippen MR) is 73.2 cm³/mol. The second-order valence-electron chi connectivity index (χ2n) is 4.35. The van der Waals surface area contributed by atoms with Crippen molar-refractivity contribution in [2.75, 3.05) is 0 Å². The molecule has 0 aliphatic heterocycles. The number of rotatable bonds is 3. The van der Waals surface area contributed by atoms with E-state index in [2.05, 4.69) is 32.4 Å². The van der Waals surface area contributed by atoms with E-state index >= 15 is 0 Å². The van der Waals surface area contributed by atoms with Crippen LogP contribution in [0.3, 0.4) is 0 Å². The van der Waals surface area contributed by atoms with E-state index in [1.54, 1.807) is 0 Å². The van der Waals surface area contributed by atoms with Gasteiger partial charge in [0, 0.05) is 10.7 Å². The predicted octanol–water partition coefficient (Wildman–Crippen LogP) is 3.24. The van der Waals surface area contributed by atoms with Gasteiger partial charge in [-0.25, -0.2) is 5.43 Å². The average Bonchev–Trinajstić information content (AvgIpc) is 2.62. The Balaban J connectivity index is 2.26. The van der Waals surface area contributed by atoms with Crippen molar-refractivity contribution in [3.63, 3.8) is 0 Å². The Kier molecular flexibility index (Phi) is 4.71. The summed E-state index contributed by atoms with van der Waals surface area (Å²) in [7, 11) is 0. The summed E-state index contributed by atoms with van der Waals surface area (Å²) in [6.07, 6.45) is 10.2. The number of hydrogen-bond donors (Lipinski definition) is 2. The third-order valence-corrected chi connectivity index (χ3v) is 3.84. The molecular formula is C13H18BrN3. The molecule has 2 rings (SSSR count). The monoisotopic (exact) mass is 295 g/mol. The van der Waals surface area contributed by atoms with Crippen LogP contribution >= 0.6 is 15.9 Å². The highest BCUT2D eigenvalue weighted by Gasteiger charge is 2.19. The van der Waals surface area contributed by atoms with Crippen LogP contribution in [0.25, 0.3) is 0 Å². The smallest absolute Gasteiger partial charge is 0.0853 e. The van der Waals surface area contributed by atoms with Crippen molar-refractivity contribution < 1.29 is 0 Å². The summed E-state index contributed by atoms with van der Waals surface area (Å²) in [5.41, 5.74) is 5.24. The lowest BCUT2D eigenvalue weighted by molar-refractivity contribution is 0.578. The van der Waals surface area contributed by atoms with E-state index in [1.165, 1.54) is 24.8 Å². The van der Waals surface area contributed by atoms with Crippen molar-refractivity contribution in [2.45, 2.75) is 38.1 Å². The molecular weight excluding hydrogens is 278 g/mol. The Morgan fingerprint density at radius 3 is 3.00 bits per heavy atom. The SMILES string of the molecule is NNC(C1=CCCCCC1)c1ncccc1Br. The van der Waals surface area contributed by atoms with Gasteiger partial charge < -0.3 is 0 Å². The van der Waals surface area contributed by atoms with Gasteiger partial charge in [0.1, 0.15) is 0 Å². The summed E-state index contributed by atoms with van der Waals surface area (Å²) in [6, 6.07) is 3.95. The maximum absolute atomic E-state index is 5.70. The molecule has 1 aromatic rings. The summed E-state index contributed by atoms with van der Waals surface area (Å²) in [4.78, 5) is 4.43. The highest BCUT2D eigenvalue weighted by molar-refractivity contribution is 9.10. The van der Waals surface area contributed by atoms with Gasteiger partial charge in [0.05, 0.1) is 11.7 Å². The minimum absolute atomic E-state index is 0.0312. The molecule has 0 radical (unpaired) electrons. The van der Waals surface area contributed by atoms with E-state index in [0.29, 0.717) is 0 Å². The summed E-state index contributed by atoms with van der Waals surface area (Å²) >= 11 is 3.54. The van der Waals surface area contributed by atoms with Gasteiger partial charge in [0.2, 0.25) is 0 Å². The molecule has 0 saturated carbocycles. The number of halogens is 1. The first-order valence-corrected chi connectivity index (χ1v) is 6.87. The standard InChI is InChI=1S/C13H18BrN3/c14-11-8-5-9-16-13(11)12(17-15)10-6-3-1-2-4-7-10/h5-6,8-9,12,17H,1-4,7,15H2. The van der Waals surface area contributed by atoms with E-state index in [-0.39, 0.29) is 6.04 Å². The number of allylic oxidation sites excluding steroid dienone is 1. The molecule has 17 heavy (non-hydrogen) atoms. The zero-order valence-electron chi connectivity index (χ0n) is 9.82. The Morgan fingerprint density at radius 2 is 2.24 bits per heavy atom. The molecule has 1 atom stereocenters. The van der Waals surface area contributed by atoms with Gasteiger partial charge in [0.25, 0.3) is 0 Å². The van der Waals surface area contributed by atoms with Crippen LogP contribution in [-0.4, -0.2) is 4.98 Å². The van der Waals surface area contributed by atoms with Gasteiger partial charge in [-0.05, 0) is 59.3 Å². The molecule has 3 nitrogen and oxygen atoms in total. The number of hydrogen-bond acceptors (Lipinski definition) is 3. The zero-order valence-corrected chi connectivity index (χ0v) is 11.4. The average molecular weight is 296 g/mol. The summed E-state index contributed by atoms with van der Waals surface area (Å²) in [5.74, 6) is 5.70. The van der Waals surface area contributed by atoms with Crippen LogP contribution in [0.2, 0.25) is 0 Å². The second-order valence-corrected chi connectivity index (χ2v) is 5.20. The van der Waals surface area contributed by atoms with Crippen molar-refractivity contribution in [3.05, 3.63) is 40.1 Å². The first-order valence-electron chi connectivity index (χ1n) is 6.08. The van der Waals surface area contributed by atoms with Gasteiger partial charge in [-0.1, -0.05) is 12.5 Å². The Hall–Kier alpha value is -0.710. The minimum atomic E-state index is 0.0312. The Bertz CT molecular complexity index is 403. The number of nitrogens with zero attached hydrogens (tertiary/aromatic N) is 1. The molecule has 0 bridgehead atoms. The topological polar surface area (TPSA) is 50.9 Å². The Morgan fingerprint density at radius 1 is 1.35 bits per heavy atom.